The fraction of sp³-hybridized carbons (Fsp3) is 0.500. The van der Waals surface area contributed by atoms with Crippen LogP contribution < -0.4 is 4.74 Å². The van der Waals surface area contributed by atoms with Gasteiger partial charge in [0.05, 0.1) is 12.6 Å². The van der Waals surface area contributed by atoms with Gasteiger partial charge < -0.3 is 14.9 Å². The molecule has 4 atom stereocenters. The third-order valence-corrected chi connectivity index (χ3v) is 6.90. The van der Waals surface area contributed by atoms with Crippen LogP contribution in [0.15, 0.2) is 24.3 Å². The van der Waals surface area contributed by atoms with Crippen LogP contribution in [0, 0.1) is 0 Å². The number of aromatic hydroxyl groups is 1. The Kier molecular flexibility index (Phi) is 2.14. The standard InChI is InChI=1S/C18H19NO4/c1-19-13-7-10-3-4-12(23-2)15(21)14(10)16-8-11(20)5-6-17(19,9-16)18(13,16)22/h3-6,13,21-22H,7-9H2,1-2H3. The number of phenolic OH excluding ortho intramolecular Hbond substituents is 1. The van der Waals surface area contributed by atoms with Crippen molar-refractivity contribution in [3.8, 4) is 11.5 Å². The number of likely N-dealkylation sites (tertiary alicyclic amines) is 1. The highest BCUT2D eigenvalue weighted by atomic mass is 16.5. The molecule has 1 aromatic rings. The minimum absolute atomic E-state index is 0.00641. The Morgan fingerprint density at radius 1 is 1.39 bits per heavy atom. The number of nitrogens with zero attached hydrogens (tertiary/aromatic N) is 1. The molecule has 5 nitrogen and oxygen atoms in total. The van der Waals surface area contributed by atoms with E-state index >= 15 is 0 Å². The summed E-state index contributed by atoms with van der Waals surface area (Å²) in [6, 6.07) is 3.69. The van der Waals surface area contributed by atoms with E-state index < -0.39 is 16.6 Å². The minimum atomic E-state index is -0.992. The van der Waals surface area contributed by atoms with Crippen molar-refractivity contribution in [3.63, 3.8) is 0 Å². The number of aliphatic hydroxyl groups is 1. The maximum atomic E-state index is 12.3. The third-order valence-electron chi connectivity index (χ3n) is 6.90. The van der Waals surface area contributed by atoms with Gasteiger partial charge in [-0.1, -0.05) is 12.1 Å². The number of ketones is 1. The molecule has 120 valence electrons. The van der Waals surface area contributed by atoms with E-state index in [2.05, 4.69) is 4.90 Å². The molecule has 1 saturated carbocycles. The number of allylic oxidation sites excluding steroid dienone is 1. The Morgan fingerprint density at radius 2 is 2.17 bits per heavy atom. The monoisotopic (exact) mass is 313 g/mol. The molecule has 0 aromatic heterocycles. The summed E-state index contributed by atoms with van der Waals surface area (Å²) in [5.74, 6) is 0.483. The first kappa shape index (κ1) is 13.6. The first-order chi connectivity index (χ1) is 10.9. The van der Waals surface area contributed by atoms with Crippen LogP contribution in [0.5, 0.6) is 11.5 Å². The van der Waals surface area contributed by atoms with Crippen molar-refractivity contribution >= 4 is 5.78 Å². The normalized spacial score (nSPS) is 42.9. The average molecular weight is 313 g/mol. The van der Waals surface area contributed by atoms with Crippen LogP contribution in [0.2, 0.25) is 0 Å². The molecular formula is C18H19NO4. The van der Waals surface area contributed by atoms with Crippen molar-refractivity contribution in [1.29, 1.82) is 0 Å². The second-order valence-corrected chi connectivity index (χ2v) is 7.41. The van der Waals surface area contributed by atoms with Crippen LogP contribution in [-0.2, 0) is 16.6 Å². The zero-order valence-electron chi connectivity index (χ0n) is 13.2. The number of hydrogen-bond donors (Lipinski definition) is 2. The summed E-state index contributed by atoms with van der Waals surface area (Å²) in [6.45, 7) is 0. The van der Waals surface area contributed by atoms with E-state index in [1.54, 1.807) is 12.1 Å². The maximum absolute atomic E-state index is 12.3. The quantitative estimate of drug-likeness (QED) is 0.806. The van der Waals surface area contributed by atoms with Gasteiger partial charge in [0.1, 0.15) is 5.60 Å². The Bertz CT molecular complexity index is 802. The Hall–Kier alpha value is -1.85. The summed E-state index contributed by atoms with van der Waals surface area (Å²) in [5.41, 5.74) is -0.452. The van der Waals surface area contributed by atoms with Crippen LogP contribution in [0.3, 0.4) is 0 Å². The van der Waals surface area contributed by atoms with E-state index in [9.17, 15) is 15.0 Å². The van der Waals surface area contributed by atoms with Gasteiger partial charge in [0.25, 0.3) is 0 Å². The number of hydrogen-bond acceptors (Lipinski definition) is 5. The van der Waals surface area contributed by atoms with E-state index in [0.29, 0.717) is 18.6 Å². The number of fused-ring (bicyclic) bond motifs is 1. The van der Waals surface area contributed by atoms with Gasteiger partial charge in [-0.05, 0) is 37.6 Å². The Balaban J connectivity index is 1.82. The van der Waals surface area contributed by atoms with Crippen LogP contribution in [0.1, 0.15) is 24.0 Å². The summed E-state index contributed by atoms with van der Waals surface area (Å²) in [5, 5.41) is 22.4. The van der Waals surface area contributed by atoms with Gasteiger partial charge in [-0.3, -0.25) is 9.69 Å². The highest BCUT2D eigenvalue weighted by molar-refractivity contribution is 5.94. The molecule has 23 heavy (non-hydrogen) atoms. The molecule has 0 radical (unpaired) electrons. The molecule has 1 aliphatic heterocycles. The first-order valence-corrected chi connectivity index (χ1v) is 7.98. The minimum Gasteiger partial charge on any atom is -0.504 e. The number of ether oxygens (including phenoxy) is 1. The largest absolute Gasteiger partial charge is 0.504 e. The fourth-order valence-corrected chi connectivity index (χ4v) is 5.96. The summed E-state index contributed by atoms with van der Waals surface area (Å²) < 4.78 is 5.26. The number of piperidine rings is 1. The number of rotatable bonds is 1. The zero-order valence-corrected chi connectivity index (χ0v) is 13.2. The van der Waals surface area contributed by atoms with Crippen molar-refractivity contribution in [2.75, 3.05) is 14.2 Å². The molecule has 5 rings (SSSR count). The topological polar surface area (TPSA) is 70.0 Å². The highest BCUT2D eigenvalue weighted by Crippen LogP contribution is 2.75. The number of carbonyl (C=O) groups is 1. The van der Waals surface area contributed by atoms with Gasteiger partial charge in [-0.25, -0.2) is 0 Å². The summed E-state index contributed by atoms with van der Waals surface area (Å²) in [7, 11) is 3.53. The third kappa shape index (κ3) is 1.09. The molecular weight excluding hydrogens is 294 g/mol. The van der Waals surface area contributed by atoms with Gasteiger partial charge >= 0.3 is 0 Å². The molecule has 1 aromatic carbocycles. The Morgan fingerprint density at radius 3 is 2.91 bits per heavy atom. The van der Waals surface area contributed by atoms with E-state index in [1.807, 2.05) is 19.2 Å². The van der Waals surface area contributed by atoms with Crippen LogP contribution in [0.25, 0.3) is 0 Å². The van der Waals surface area contributed by atoms with Crippen LogP contribution in [-0.4, -0.2) is 52.2 Å². The van der Waals surface area contributed by atoms with Gasteiger partial charge in [-0.15, -0.1) is 0 Å². The van der Waals surface area contributed by atoms with Crippen molar-refractivity contribution in [2.24, 2.45) is 0 Å². The Labute approximate surface area is 134 Å². The molecule has 4 unspecified atom stereocenters. The van der Waals surface area contributed by atoms with Gasteiger partial charge in [0.2, 0.25) is 0 Å². The van der Waals surface area contributed by atoms with E-state index in [0.717, 1.165) is 11.1 Å². The molecule has 3 aliphatic carbocycles. The van der Waals surface area contributed by atoms with Crippen LogP contribution >= 0.6 is 0 Å². The molecule has 4 aliphatic rings. The zero-order chi connectivity index (χ0) is 16.2. The number of likely N-dealkylation sites (N-methyl/N-ethyl adjacent to an activating group) is 1. The molecule has 2 bridgehead atoms. The number of methoxy groups -OCH3 is 1. The lowest BCUT2D eigenvalue weighted by Crippen LogP contribution is -2.97. The van der Waals surface area contributed by atoms with Gasteiger partial charge in [0, 0.05) is 23.4 Å². The SMILES string of the molecule is COc1ccc2c(c1O)C13CC(=O)C=CC4(C1)N(C)C(C2)C34O. The second-order valence-electron chi connectivity index (χ2n) is 7.41. The highest BCUT2D eigenvalue weighted by Gasteiger charge is 2.87. The fourth-order valence-electron chi connectivity index (χ4n) is 5.96. The predicted molar refractivity (Wildman–Crippen MR) is 82.7 cm³/mol. The summed E-state index contributed by atoms with van der Waals surface area (Å²) >= 11 is 0. The number of benzene rings is 1. The van der Waals surface area contributed by atoms with Gasteiger partial charge in [0.15, 0.2) is 17.3 Å². The molecule has 2 fully saturated rings. The molecule has 1 saturated heterocycles. The lowest BCUT2D eigenvalue weighted by molar-refractivity contribution is -0.342. The van der Waals surface area contributed by atoms with Crippen LogP contribution in [0.4, 0.5) is 0 Å². The van der Waals surface area contributed by atoms with E-state index in [4.69, 9.17) is 4.74 Å². The molecule has 2 N–H and O–H groups in total. The molecule has 2 spiro atoms. The summed E-state index contributed by atoms with van der Waals surface area (Å²) in [4.78, 5) is 14.5. The number of phenols is 1. The second kappa shape index (κ2) is 3.62. The van der Waals surface area contributed by atoms with Crippen molar-refractivity contribution in [3.05, 3.63) is 35.4 Å². The van der Waals surface area contributed by atoms with Crippen molar-refractivity contribution in [2.45, 2.75) is 41.9 Å². The molecule has 0 amide bonds. The molecule has 1 heterocycles. The van der Waals surface area contributed by atoms with E-state index in [1.165, 1.54) is 7.11 Å². The predicted octanol–water partition coefficient (Wildman–Crippen LogP) is 0.911. The van der Waals surface area contributed by atoms with E-state index in [-0.39, 0.29) is 24.0 Å². The van der Waals surface area contributed by atoms with Gasteiger partial charge in [-0.2, -0.15) is 0 Å². The lowest BCUT2D eigenvalue weighted by atomic mass is 9.33. The molecule has 5 heteroatoms. The average Bonchev–Trinajstić information content (AvgIpc) is 2.74. The summed E-state index contributed by atoms with van der Waals surface area (Å²) in [6.07, 6.45) is 5.04. The first-order valence-electron chi connectivity index (χ1n) is 7.98. The van der Waals surface area contributed by atoms with Crippen molar-refractivity contribution in [1.82, 2.24) is 4.90 Å². The number of carbonyl (C=O) groups excluding carboxylic acids is 1. The van der Waals surface area contributed by atoms with Crippen molar-refractivity contribution < 1.29 is 19.7 Å². The lowest BCUT2D eigenvalue weighted by Gasteiger charge is -2.83. The smallest absolute Gasteiger partial charge is 0.161 e. The maximum Gasteiger partial charge on any atom is 0.161 e.